The molecule has 0 atom stereocenters. The van der Waals surface area contributed by atoms with E-state index in [-0.39, 0.29) is 17.8 Å². The highest BCUT2D eigenvalue weighted by molar-refractivity contribution is 9.10. The largest absolute Gasteiger partial charge is 0.396 e. The van der Waals surface area contributed by atoms with Crippen LogP contribution in [-0.4, -0.2) is 66.7 Å². The van der Waals surface area contributed by atoms with Crippen LogP contribution in [-0.2, 0) is 6.54 Å². The van der Waals surface area contributed by atoms with Gasteiger partial charge in [-0.2, -0.15) is 0 Å². The Labute approximate surface area is 163 Å². The number of piperazine rings is 1. The predicted molar refractivity (Wildman–Crippen MR) is 106 cm³/mol. The van der Waals surface area contributed by atoms with Gasteiger partial charge < -0.3 is 15.3 Å². The van der Waals surface area contributed by atoms with Crippen molar-refractivity contribution >= 4 is 21.9 Å². The first-order valence-corrected chi connectivity index (χ1v) is 10.1. The number of hydrogen-bond donors (Lipinski definition) is 2. The van der Waals surface area contributed by atoms with Crippen LogP contribution in [0.3, 0.4) is 0 Å². The standard InChI is InChI=1S/C19H28BrFN4O/c1-2-22-18(23-13-19(14-26)5-6-19)25-9-7-24(8-10-25)12-15-3-4-16(20)17(21)11-15/h3-4,11,26H,2,5-10,12-14H2,1H3,(H,22,23). The molecule has 5 nitrogen and oxygen atoms in total. The number of aliphatic hydroxyl groups is 1. The highest BCUT2D eigenvalue weighted by Crippen LogP contribution is 2.45. The third-order valence-corrected chi connectivity index (χ3v) is 5.90. The van der Waals surface area contributed by atoms with E-state index in [1.165, 1.54) is 0 Å². The average molecular weight is 427 g/mol. The number of aliphatic imine (C=N–C) groups is 1. The second kappa shape index (κ2) is 8.67. The van der Waals surface area contributed by atoms with Crippen LogP contribution < -0.4 is 5.32 Å². The van der Waals surface area contributed by atoms with Gasteiger partial charge in [0.05, 0.1) is 17.6 Å². The highest BCUT2D eigenvalue weighted by atomic mass is 79.9. The fourth-order valence-electron chi connectivity index (χ4n) is 3.23. The van der Waals surface area contributed by atoms with Gasteiger partial charge >= 0.3 is 0 Å². The molecule has 1 aliphatic heterocycles. The van der Waals surface area contributed by atoms with E-state index in [0.29, 0.717) is 11.0 Å². The molecule has 26 heavy (non-hydrogen) atoms. The van der Waals surface area contributed by atoms with Crippen LogP contribution >= 0.6 is 15.9 Å². The zero-order valence-electron chi connectivity index (χ0n) is 15.3. The summed E-state index contributed by atoms with van der Waals surface area (Å²) in [6, 6.07) is 5.34. The third-order valence-electron chi connectivity index (χ3n) is 5.25. The van der Waals surface area contributed by atoms with E-state index in [1.54, 1.807) is 12.1 Å². The minimum atomic E-state index is -0.208. The van der Waals surface area contributed by atoms with Gasteiger partial charge in [0.25, 0.3) is 0 Å². The lowest BCUT2D eigenvalue weighted by molar-refractivity contribution is 0.171. The number of aliphatic hydroxyl groups excluding tert-OH is 1. The molecule has 0 unspecified atom stereocenters. The molecular weight excluding hydrogens is 399 g/mol. The zero-order valence-corrected chi connectivity index (χ0v) is 16.9. The Kier molecular flexibility index (Phi) is 6.53. The minimum absolute atomic E-state index is 0.0359. The molecule has 0 aromatic heterocycles. The van der Waals surface area contributed by atoms with Crippen LogP contribution in [0.15, 0.2) is 27.7 Å². The Balaban J connectivity index is 1.53. The van der Waals surface area contributed by atoms with Gasteiger partial charge in [-0.3, -0.25) is 9.89 Å². The van der Waals surface area contributed by atoms with Crippen molar-refractivity contribution in [2.24, 2.45) is 10.4 Å². The first-order chi connectivity index (χ1) is 12.5. The van der Waals surface area contributed by atoms with Crippen molar-refractivity contribution in [2.75, 3.05) is 45.9 Å². The van der Waals surface area contributed by atoms with E-state index in [4.69, 9.17) is 4.99 Å². The zero-order chi connectivity index (χ0) is 18.6. The smallest absolute Gasteiger partial charge is 0.194 e. The van der Waals surface area contributed by atoms with E-state index in [9.17, 15) is 9.50 Å². The second-order valence-corrected chi connectivity index (χ2v) is 8.19. The third kappa shape index (κ3) is 4.96. The Hall–Kier alpha value is -1.18. The van der Waals surface area contributed by atoms with Crippen molar-refractivity contribution in [2.45, 2.75) is 26.3 Å². The maximum Gasteiger partial charge on any atom is 0.194 e. The molecular formula is C19H28BrFN4O. The van der Waals surface area contributed by atoms with E-state index in [2.05, 4.69) is 38.0 Å². The SMILES string of the molecule is CCNC(=NCC1(CO)CC1)N1CCN(Cc2ccc(Br)c(F)c2)CC1. The van der Waals surface area contributed by atoms with Crippen LogP contribution in [0.4, 0.5) is 4.39 Å². The van der Waals surface area contributed by atoms with Crippen LogP contribution in [0.25, 0.3) is 0 Å². The first-order valence-electron chi connectivity index (χ1n) is 9.36. The van der Waals surface area contributed by atoms with E-state index in [1.807, 2.05) is 6.07 Å². The van der Waals surface area contributed by atoms with Crippen molar-refractivity contribution in [3.05, 3.63) is 34.1 Å². The van der Waals surface area contributed by atoms with E-state index < -0.39 is 0 Å². The summed E-state index contributed by atoms with van der Waals surface area (Å²) < 4.78 is 14.2. The predicted octanol–water partition coefficient (Wildman–Crippen LogP) is 2.44. The summed E-state index contributed by atoms with van der Waals surface area (Å²) in [6.07, 6.45) is 2.15. The summed E-state index contributed by atoms with van der Waals surface area (Å²) in [5.74, 6) is 0.738. The first kappa shape index (κ1) is 19.6. The summed E-state index contributed by atoms with van der Waals surface area (Å²) in [6.45, 7) is 8.25. The van der Waals surface area contributed by atoms with Crippen LogP contribution in [0.5, 0.6) is 0 Å². The molecule has 1 aliphatic carbocycles. The van der Waals surface area contributed by atoms with Crippen molar-refractivity contribution < 1.29 is 9.50 Å². The number of halogens is 2. The van der Waals surface area contributed by atoms with Crippen LogP contribution in [0.1, 0.15) is 25.3 Å². The van der Waals surface area contributed by atoms with Gasteiger partial charge in [-0.25, -0.2) is 4.39 Å². The van der Waals surface area contributed by atoms with Crippen LogP contribution in [0, 0.1) is 11.2 Å². The lowest BCUT2D eigenvalue weighted by Crippen LogP contribution is -2.52. The Morgan fingerprint density at radius 2 is 2.04 bits per heavy atom. The Bertz CT molecular complexity index is 642. The van der Waals surface area contributed by atoms with E-state index in [0.717, 1.165) is 63.6 Å². The number of benzene rings is 1. The van der Waals surface area contributed by atoms with Gasteiger partial charge in [-0.05, 0) is 53.4 Å². The van der Waals surface area contributed by atoms with Gasteiger partial charge in [0.1, 0.15) is 5.82 Å². The second-order valence-electron chi connectivity index (χ2n) is 7.34. The number of rotatable bonds is 6. The topological polar surface area (TPSA) is 51.1 Å². The summed E-state index contributed by atoms with van der Waals surface area (Å²) in [7, 11) is 0. The molecule has 3 rings (SSSR count). The van der Waals surface area contributed by atoms with Gasteiger partial charge in [0.15, 0.2) is 5.96 Å². The van der Waals surface area contributed by atoms with Crippen molar-refractivity contribution in [1.82, 2.24) is 15.1 Å². The minimum Gasteiger partial charge on any atom is -0.396 e. The molecule has 0 bridgehead atoms. The fraction of sp³-hybridized carbons (Fsp3) is 0.632. The average Bonchev–Trinajstić information content (AvgIpc) is 3.43. The molecule has 2 aliphatic rings. The Morgan fingerprint density at radius 1 is 1.31 bits per heavy atom. The van der Waals surface area contributed by atoms with Gasteiger partial charge in [0, 0.05) is 44.7 Å². The number of hydrogen-bond acceptors (Lipinski definition) is 3. The van der Waals surface area contributed by atoms with Crippen molar-refractivity contribution in [3.8, 4) is 0 Å². The number of nitrogens with one attached hydrogen (secondary N) is 1. The fourth-order valence-corrected chi connectivity index (χ4v) is 3.47. The summed E-state index contributed by atoms with van der Waals surface area (Å²) in [5, 5.41) is 12.9. The summed E-state index contributed by atoms with van der Waals surface area (Å²) >= 11 is 3.20. The number of guanidine groups is 1. The maximum atomic E-state index is 13.7. The molecule has 1 heterocycles. The highest BCUT2D eigenvalue weighted by Gasteiger charge is 2.42. The summed E-state index contributed by atoms with van der Waals surface area (Å²) in [4.78, 5) is 9.40. The van der Waals surface area contributed by atoms with Crippen molar-refractivity contribution in [3.63, 3.8) is 0 Å². The monoisotopic (exact) mass is 426 g/mol. The molecule has 144 valence electrons. The molecule has 1 saturated carbocycles. The quantitative estimate of drug-likeness (QED) is 0.541. The molecule has 1 saturated heterocycles. The molecule has 2 N–H and O–H groups in total. The van der Waals surface area contributed by atoms with Crippen molar-refractivity contribution in [1.29, 1.82) is 0 Å². The molecule has 2 fully saturated rings. The summed E-state index contributed by atoms with van der Waals surface area (Å²) in [5.41, 5.74) is 1.03. The lowest BCUT2D eigenvalue weighted by atomic mass is 10.1. The molecule has 0 radical (unpaired) electrons. The van der Waals surface area contributed by atoms with Gasteiger partial charge in [0.2, 0.25) is 0 Å². The maximum absolute atomic E-state index is 13.7. The number of nitrogens with zero attached hydrogens (tertiary/aromatic N) is 3. The molecule has 0 spiro atoms. The Morgan fingerprint density at radius 3 is 2.62 bits per heavy atom. The molecule has 1 aromatic carbocycles. The van der Waals surface area contributed by atoms with Gasteiger partial charge in [-0.1, -0.05) is 6.07 Å². The molecule has 0 amide bonds. The normalized spacial score (nSPS) is 20.3. The van der Waals surface area contributed by atoms with E-state index >= 15 is 0 Å². The van der Waals surface area contributed by atoms with Gasteiger partial charge in [-0.15, -0.1) is 0 Å². The lowest BCUT2D eigenvalue weighted by Gasteiger charge is -2.36. The molecule has 1 aromatic rings. The molecule has 7 heteroatoms. The van der Waals surface area contributed by atoms with Crippen LogP contribution in [0.2, 0.25) is 0 Å².